The van der Waals surface area contributed by atoms with Gasteiger partial charge in [-0.1, -0.05) is 12.1 Å². The molecule has 0 heterocycles. The Labute approximate surface area is 149 Å². The number of benzene rings is 2. The maximum Gasteiger partial charge on any atom is 0.330 e. The van der Waals surface area contributed by atoms with E-state index in [0.717, 1.165) is 5.56 Å². The fourth-order valence-electron chi connectivity index (χ4n) is 2.25. The number of aromatic hydroxyl groups is 2. The number of methoxy groups -OCH3 is 1. The van der Waals surface area contributed by atoms with Crippen LogP contribution in [0.4, 0.5) is 11.4 Å². The molecule has 0 radical (unpaired) electrons. The van der Waals surface area contributed by atoms with Crippen LogP contribution in [-0.4, -0.2) is 34.8 Å². The van der Waals surface area contributed by atoms with E-state index >= 15 is 0 Å². The van der Waals surface area contributed by atoms with E-state index in [-0.39, 0.29) is 17.2 Å². The monoisotopic (exact) mass is 358 g/mol. The number of nitro benzene ring substituents is 1. The summed E-state index contributed by atoms with van der Waals surface area (Å²) in [7, 11) is 1.25. The third-order valence-corrected chi connectivity index (χ3v) is 3.60. The smallest absolute Gasteiger partial charge is 0.330 e. The van der Waals surface area contributed by atoms with Crippen molar-refractivity contribution in [3.63, 3.8) is 0 Å². The number of nitrogens with zero attached hydrogens (tertiary/aromatic N) is 1. The number of anilines is 1. The van der Waals surface area contributed by atoms with E-state index in [1.165, 1.54) is 37.5 Å². The first-order valence-corrected chi connectivity index (χ1v) is 7.70. The van der Waals surface area contributed by atoms with Gasteiger partial charge in [0.25, 0.3) is 5.69 Å². The molecule has 0 spiro atoms. The molecule has 2 aromatic rings. The molecule has 0 saturated heterocycles. The second kappa shape index (κ2) is 8.52. The number of nitro groups is 1. The summed E-state index contributed by atoms with van der Waals surface area (Å²) in [5.74, 6) is -0.963. The number of esters is 1. The number of ether oxygens (including phenoxy) is 1. The molecule has 0 atom stereocenters. The predicted molar refractivity (Wildman–Crippen MR) is 96.1 cm³/mol. The minimum absolute atomic E-state index is 0.120. The summed E-state index contributed by atoms with van der Waals surface area (Å²) >= 11 is 0. The topological polar surface area (TPSA) is 122 Å². The minimum Gasteiger partial charge on any atom is -0.504 e. The van der Waals surface area contributed by atoms with Crippen LogP contribution in [0.15, 0.2) is 42.5 Å². The van der Waals surface area contributed by atoms with E-state index in [1.54, 1.807) is 18.2 Å². The SMILES string of the molecule is COC(=O)C=Cc1ccc(NCCc2ccc(O)c(O)c2)c([N+](=O)[O-])c1. The lowest BCUT2D eigenvalue weighted by molar-refractivity contribution is -0.384. The number of rotatable bonds is 7. The molecule has 3 N–H and O–H groups in total. The number of carbonyl (C=O) groups excluding carboxylic acids is 1. The first-order chi connectivity index (χ1) is 12.4. The van der Waals surface area contributed by atoms with Gasteiger partial charge in [0.1, 0.15) is 5.69 Å². The van der Waals surface area contributed by atoms with Crippen molar-refractivity contribution in [2.45, 2.75) is 6.42 Å². The maximum atomic E-state index is 11.3. The summed E-state index contributed by atoms with van der Waals surface area (Å²) in [5.41, 5.74) is 1.49. The summed E-state index contributed by atoms with van der Waals surface area (Å²) < 4.78 is 4.48. The van der Waals surface area contributed by atoms with Crippen LogP contribution in [0, 0.1) is 10.1 Å². The lowest BCUT2D eigenvalue weighted by Crippen LogP contribution is -2.07. The van der Waals surface area contributed by atoms with Crippen molar-refractivity contribution in [1.29, 1.82) is 0 Å². The van der Waals surface area contributed by atoms with Crippen LogP contribution in [0.25, 0.3) is 6.08 Å². The molecule has 0 aliphatic rings. The van der Waals surface area contributed by atoms with Crippen LogP contribution in [0.1, 0.15) is 11.1 Å². The van der Waals surface area contributed by atoms with E-state index in [0.29, 0.717) is 24.2 Å². The van der Waals surface area contributed by atoms with Gasteiger partial charge in [-0.3, -0.25) is 10.1 Å². The molecule has 0 unspecified atom stereocenters. The Morgan fingerprint density at radius 3 is 2.65 bits per heavy atom. The number of hydrogen-bond donors (Lipinski definition) is 3. The van der Waals surface area contributed by atoms with Gasteiger partial charge in [0.05, 0.1) is 12.0 Å². The van der Waals surface area contributed by atoms with E-state index < -0.39 is 10.9 Å². The summed E-state index contributed by atoms with van der Waals surface area (Å²) in [4.78, 5) is 21.9. The fraction of sp³-hybridized carbons (Fsp3) is 0.167. The van der Waals surface area contributed by atoms with E-state index in [1.807, 2.05) is 0 Å². The second-order valence-corrected chi connectivity index (χ2v) is 5.39. The van der Waals surface area contributed by atoms with E-state index in [9.17, 15) is 25.1 Å². The highest BCUT2D eigenvalue weighted by Crippen LogP contribution is 2.27. The van der Waals surface area contributed by atoms with Crippen LogP contribution in [0.3, 0.4) is 0 Å². The number of phenolic OH excluding ortho intramolecular Hbond substituents is 2. The van der Waals surface area contributed by atoms with Crippen LogP contribution in [0.5, 0.6) is 11.5 Å². The Hall–Kier alpha value is -3.55. The maximum absolute atomic E-state index is 11.3. The average Bonchev–Trinajstić information content (AvgIpc) is 2.63. The summed E-state index contributed by atoms with van der Waals surface area (Å²) in [5, 5.41) is 33.0. The van der Waals surface area contributed by atoms with Gasteiger partial charge in [-0.15, -0.1) is 0 Å². The van der Waals surface area contributed by atoms with Gasteiger partial charge in [-0.25, -0.2) is 4.79 Å². The molecule has 8 nitrogen and oxygen atoms in total. The van der Waals surface area contributed by atoms with E-state index in [4.69, 9.17) is 0 Å². The minimum atomic E-state index is -0.549. The van der Waals surface area contributed by atoms with Gasteiger partial charge in [0, 0.05) is 18.7 Å². The standard InChI is InChI=1S/C18H18N2O6/c1-26-18(23)7-4-12-2-5-14(15(10-12)20(24)25)19-9-8-13-3-6-16(21)17(22)11-13/h2-7,10-11,19,21-22H,8-9H2,1H3. The van der Waals surface area contributed by atoms with Gasteiger partial charge in [0.15, 0.2) is 11.5 Å². The van der Waals surface area contributed by atoms with Gasteiger partial charge in [0.2, 0.25) is 0 Å². The van der Waals surface area contributed by atoms with Crippen molar-refractivity contribution in [2.75, 3.05) is 19.0 Å². The highest BCUT2D eigenvalue weighted by atomic mass is 16.6. The molecule has 0 fully saturated rings. The Morgan fingerprint density at radius 1 is 1.23 bits per heavy atom. The highest BCUT2D eigenvalue weighted by molar-refractivity contribution is 5.87. The van der Waals surface area contributed by atoms with Crippen LogP contribution >= 0.6 is 0 Å². The summed E-state index contributed by atoms with van der Waals surface area (Å²) in [6.07, 6.45) is 3.11. The van der Waals surface area contributed by atoms with Crippen molar-refractivity contribution >= 4 is 23.4 Å². The lowest BCUT2D eigenvalue weighted by atomic mass is 10.1. The predicted octanol–water partition coefficient (Wildman–Crippen LogP) is 2.85. The van der Waals surface area contributed by atoms with Crippen molar-refractivity contribution in [1.82, 2.24) is 0 Å². The van der Waals surface area contributed by atoms with Gasteiger partial charge >= 0.3 is 5.97 Å². The molecule has 0 aliphatic heterocycles. The molecule has 0 saturated carbocycles. The molecule has 8 heteroatoms. The molecule has 0 bridgehead atoms. The number of nitrogens with one attached hydrogen (secondary N) is 1. The van der Waals surface area contributed by atoms with Crippen molar-refractivity contribution < 1.29 is 24.7 Å². The summed E-state index contributed by atoms with van der Waals surface area (Å²) in [6, 6.07) is 9.03. The molecule has 0 amide bonds. The molecule has 0 aromatic heterocycles. The van der Waals surface area contributed by atoms with Crippen molar-refractivity contribution in [3.8, 4) is 11.5 Å². The molecule has 136 valence electrons. The molecule has 2 rings (SSSR count). The normalized spacial score (nSPS) is 10.7. The van der Waals surface area contributed by atoms with Crippen molar-refractivity contribution in [3.05, 3.63) is 63.7 Å². The highest BCUT2D eigenvalue weighted by Gasteiger charge is 2.14. The third-order valence-electron chi connectivity index (χ3n) is 3.60. The van der Waals surface area contributed by atoms with Crippen LogP contribution in [-0.2, 0) is 16.0 Å². The first kappa shape index (κ1) is 18.8. The number of hydrogen-bond acceptors (Lipinski definition) is 7. The third kappa shape index (κ3) is 4.97. The van der Waals surface area contributed by atoms with Gasteiger partial charge in [-0.05, 0) is 41.8 Å². The summed E-state index contributed by atoms with van der Waals surface area (Å²) in [6.45, 7) is 0.391. The van der Waals surface area contributed by atoms with Crippen LogP contribution in [0.2, 0.25) is 0 Å². The number of carbonyl (C=O) groups is 1. The number of phenols is 2. The Balaban J connectivity index is 2.08. The Kier molecular flexibility index (Phi) is 6.15. The zero-order valence-electron chi connectivity index (χ0n) is 14.0. The molecular formula is C18H18N2O6. The van der Waals surface area contributed by atoms with Gasteiger partial charge < -0.3 is 20.3 Å². The van der Waals surface area contributed by atoms with Crippen molar-refractivity contribution in [2.24, 2.45) is 0 Å². The Bertz CT molecular complexity index is 848. The second-order valence-electron chi connectivity index (χ2n) is 5.39. The van der Waals surface area contributed by atoms with Gasteiger partial charge in [-0.2, -0.15) is 0 Å². The zero-order valence-corrected chi connectivity index (χ0v) is 14.0. The van der Waals surface area contributed by atoms with E-state index in [2.05, 4.69) is 10.1 Å². The quantitative estimate of drug-likeness (QED) is 0.229. The molecule has 26 heavy (non-hydrogen) atoms. The zero-order chi connectivity index (χ0) is 19.1. The van der Waals surface area contributed by atoms with Crippen LogP contribution < -0.4 is 5.32 Å². The lowest BCUT2D eigenvalue weighted by Gasteiger charge is -2.08. The fourth-order valence-corrected chi connectivity index (χ4v) is 2.25. The molecular weight excluding hydrogens is 340 g/mol. The average molecular weight is 358 g/mol. The largest absolute Gasteiger partial charge is 0.504 e. The Morgan fingerprint density at radius 2 is 2.00 bits per heavy atom. The molecule has 0 aliphatic carbocycles. The molecule has 2 aromatic carbocycles. The first-order valence-electron chi connectivity index (χ1n) is 7.70.